The van der Waals surface area contributed by atoms with Crippen molar-refractivity contribution in [1.29, 1.82) is 0 Å². The van der Waals surface area contributed by atoms with Crippen molar-refractivity contribution < 1.29 is 37.7 Å². The van der Waals surface area contributed by atoms with Crippen LogP contribution in [0.1, 0.15) is 145 Å². The van der Waals surface area contributed by atoms with Crippen molar-refractivity contribution in [1.82, 2.24) is 4.90 Å². The van der Waals surface area contributed by atoms with Crippen molar-refractivity contribution >= 4 is 20.3 Å². The molecule has 332 valence electrons. The Bertz CT molecular complexity index is 1390. The fourth-order valence-corrected chi connectivity index (χ4v) is 10.6. The van der Waals surface area contributed by atoms with Gasteiger partial charge in [-0.3, -0.25) is 9.59 Å². The molecule has 0 N–H and O–H groups in total. The molecule has 0 amide bonds. The van der Waals surface area contributed by atoms with Crippen LogP contribution in [0.5, 0.6) is 0 Å². The van der Waals surface area contributed by atoms with Gasteiger partial charge in [0.1, 0.15) is 12.7 Å². The van der Waals surface area contributed by atoms with Crippen molar-refractivity contribution in [3.05, 3.63) is 35.9 Å². The summed E-state index contributed by atoms with van der Waals surface area (Å²) >= 11 is 0. The van der Waals surface area contributed by atoms with Gasteiger partial charge in [-0.25, -0.2) is 0 Å². The standard InChI is InChI=1S/C48H83NO8Si/c1-14-19-37(49(10)11)29-39-23-25-41(53-39)32(3)45(57-58(12,13)48(7,8)9)33(4)42-27-28-44(56-42)35(6)47(51)55-38(20-15-2)30-40-24-26-43(54-40)34(5)46(50)52-31-36-21-17-16-18-22-36/h16-18,21-22,32-35,37-45H,14-15,19-20,23-31H2,1-13H3/t32-,33-,34+,35-,37-,38+,39+,40+,41-,42+,43-,44-,45+/m1/s1. The van der Waals surface area contributed by atoms with E-state index in [2.05, 4.69) is 80.6 Å². The molecular formula is C48H83NO8Si. The molecule has 1 aromatic carbocycles. The number of hydrogen-bond donors (Lipinski definition) is 0. The first-order valence-electron chi connectivity index (χ1n) is 23.1. The summed E-state index contributed by atoms with van der Waals surface area (Å²) in [5, 5.41) is 0.0757. The summed E-state index contributed by atoms with van der Waals surface area (Å²) < 4.78 is 39.3. The van der Waals surface area contributed by atoms with E-state index in [0.717, 1.165) is 63.4 Å². The molecule has 0 bridgehead atoms. The van der Waals surface area contributed by atoms with E-state index in [9.17, 15) is 9.59 Å². The molecule has 0 aliphatic carbocycles. The molecule has 13 atom stereocenters. The molecule has 3 aliphatic heterocycles. The maximum absolute atomic E-state index is 13.8. The molecule has 4 rings (SSSR count). The average Bonchev–Trinajstić information content (AvgIpc) is 3.97. The van der Waals surface area contributed by atoms with E-state index in [4.69, 9.17) is 28.1 Å². The minimum absolute atomic E-state index is 0.00558. The normalized spacial score (nSPS) is 27.8. The van der Waals surface area contributed by atoms with Gasteiger partial charge in [-0.2, -0.15) is 0 Å². The Labute approximate surface area is 354 Å². The highest BCUT2D eigenvalue weighted by atomic mass is 28.4. The second-order valence-corrected chi connectivity index (χ2v) is 24.8. The maximum atomic E-state index is 13.8. The summed E-state index contributed by atoms with van der Waals surface area (Å²) in [7, 11) is 2.26. The Morgan fingerprint density at radius 2 is 1.26 bits per heavy atom. The first kappa shape index (κ1) is 48.8. The van der Waals surface area contributed by atoms with E-state index in [-0.39, 0.29) is 96.1 Å². The number of nitrogens with zero attached hydrogens (tertiary/aromatic N) is 1. The van der Waals surface area contributed by atoms with E-state index in [1.165, 1.54) is 12.8 Å². The quantitative estimate of drug-likeness (QED) is 0.0836. The largest absolute Gasteiger partial charge is 0.462 e. The van der Waals surface area contributed by atoms with E-state index < -0.39 is 8.32 Å². The van der Waals surface area contributed by atoms with Gasteiger partial charge in [-0.05, 0) is 109 Å². The van der Waals surface area contributed by atoms with Crippen LogP contribution in [0.2, 0.25) is 18.1 Å². The summed E-state index contributed by atoms with van der Waals surface area (Å²) in [6, 6.07) is 10.3. The van der Waals surface area contributed by atoms with Crippen LogP contribution in [0, 0.1) is 23.7 Å². The second kappa shape index (κ2) is 22.3. The Kier molecular flexibility index (Phi) is 18.8. The summed E-state index contributed by atoms with van der Waals surface area (Å²) in [4.78, 5) is 29.0. The molecule has 3 heterocycles. The van der Waals surface area contributed by atoms with Gasteiger partial charge in [0.15, 0.2) is 8.32 Å². The third-order valence-electron chi connectivity index (χ3n) is 14.2. The van der Waals surface area contributed by atoms with Crippen LogP contribution in [-0.2, 0) is 44.3 Å². The van der Waals surface area contributed by atoms with Crippen LogP contribution in [0.3, 0.4) is 0 Å². The van der Waals surface area contributed by atoms with E-state index in [1.807, 2.05) is 44.2 Å². The lowest BCUT2D eigenvalue weighted by Crippen LogP contribution is -2.51. The number of ether oxygens (including phenoxy) is 5. The van der Waals surface area contributed by atoms with Gasteiger partial charge in [-0.15, -0.1) is 0 Å². The number of carbonyl (C=O) groups excluding carboxylic acids is 2. The fraction of sp³-hybridized carbons (Fsp3) is 0.833. The highest BCUT2D eigenvalue weighted by molar-refractivity contribution is 6.74. The molecule has 10 heteroatoms. The number of hydrogen-bond acceptors (Lipinski definition) is 9. The lowest BCUT2D eigenvalue weighted by molar-refractivity contribution is -0.162. The third-order valence-corrected chi connectivity index (χ3v) is 18.7. The zero-order chi connectivity index (χ0) is 42.8. The molecule has 0 radical (unpaired) electrons. The van der Waals surface area contributed by atoms with Gasteiger partial charge in [0.2, 0.25) is 0 Å². The Hall–Kier alpha value is -1.82. The zero-order valence-electron chi connectivity index (χ0n) is 38.8. The van der Waals surface area contributed by atoms with Crippen molar-refractivity contribution in [2.45, 2.75) is 219 Å². The molecule has 3 fully saturated rings. The molecular weight excluding hydrogens is 747 g/mol. The lowest BCUT2D eigenvalue weighted by atomic mass is 9.84. The zero-order valence-corrected chi connectivity index (χ0v) is 39.8. The summed E-state index contributed by atoms with van der Waals surface area (Å²) in [5.74, 6) is -0.813. The fourth-order valence-electron chi connectivity index (χ4n) is 9.14. The lowest BCUT2D eigenvalue weighted by Gasteiger charge is -2.45. The molecule has 9 nitrogen and oxygen atoms in total. The molecule has 1 aromatic rings. The SMILES string of the molecule is CCC[C@@H](C[C@@H]1CC[C@H]([C@H](C)C(=O)OCc2ccccc2)O1)OC(=O)[C@H](C)[C@H]1CC[C@@H]([C@@H](C)[C@@H](O[Si](C)(C)C(C)(C)C)[C@H](C)[C@H]2CC[C@@H](C[C@@H](CCC)N(C)C)O2)O1. The van der Waals surface area contributed by atoms with Crippen LogP contribution in [-0.4, -0.2) is 94.1 Å². The van der Waals surface area contributed by atoms with Crippen LogP contribution >= 0.6 is 0 Å². The van der Waals surface area contributed by atoms with Crippen LogP contribution < -0.4 is 0 Å². The van der Waals surface area contributed by atoms with E-state index >= 15 is 0 Å². The van der Waals surface area contributed by atoms with Gasteiger partial charge >= 0.3 is 11.9 Å². The minimum atomic E-state index is -2.12. The van der Waals surface area contributed by atoms with Crippen molar-refractivity contribution in [2.24, 2.45) is 23.7 Å². The molecule has 3 aliphatic rings. The molecule has 58 heavy (non-hydrogen) atoms. The molecule has 3 saturated heterocycles. The van der Waals surface area contributed by atoms with Crippen molar-refractivity contribution in [3.8, 4) is 0 Å². The summed E-state index contributed by atoms with van der Waals surface area (Å²) in [6.45, 7) is 24.8. The van der Waals surface area contributed by atoms with Gasteiger partial charge in [0, 0.05) is 24.3 Å². The van der Waals surface area contributed by atoms with Crippen LogP contribution in [0.4, 0.5) is 0 Å². The Morgan fingerprint density at radius 3 is 1.86 bits per heavy atom. The summed E-state index contributed by atoms with van der Waals surface area (Å²) in [6.07, 6.45) is 11.0. The monoisotopic (exact) mass is 830 g/mol. The topological polar surface area (TPSA) is 92.8 Å². The maximum Gasteiger partial charge on any atom is 0.311 e. The molecule has 0 saturated carbocycles. The highest BCUT2D eigenvalue weighted by Gasteiger charge is 2.47. The number of carbonyl (C=O) groups is 2. The number of benzene rings is 1. The van der Waals surface area contributed by atoms with Crippen molar-refractivity contribution in [3.63, 3.8) is 0 Å². The van der Waals surface area contributed by atoms with Gasteiger partial charge < -0.3 is 33.0 Å². The molecule has 0 aromatic heterocycles. The highest BCUT2D eigenvalue weighted by Crippen LogP contribution is 2.43. The minimum Gasteiger partial charge on any atom is -0.462 e. The smallest absolute Gasteiger partial charge is 0.311 e. The van der Waals surface area contributed by atoms with Gasteiger partial charge in [0.05, 0.1) is 54.6 Å². The first-order chi connectivity index (χ1) is 27.3. The number of rotatable bonds is 22. The summed E-state index contributed by atoms with van der Waals surface area (Å²) in [5.41, 5.74) is 0.966. The van der Waals surface area contributed by atoms with Crippen LogP contribution in [0.15, 0.2) is 30.3 Å². The van der Waals surface area contributed by atoms with Gasteiger partial charge in [-0.1, -0.05) is 91.6 Å². The second-order valence-electron chi connectivity index (χ2n) is 20.0. The Morgan fingerprint density at radius 1 is 0.741 bits per heavy atom. The van der Waals surface area contributed by atoms with E-state index in [0.29, 0.717) is 12.5 Å². The van der Waals surface area contributed by atoms with Gasteiger partial charge in [0.25, 0.3) is 0 Å². The van der Waals surface area contributed by atoms with Crippen molar-refractivity contribution in [2.75, 3.05) is 14.1 Å². The average molecular weight is 830 g/mol. The van der Waals surface area contributed by atoms with Crippen LogP contribution in [0.25, 0.3) is 0 Å². The van der Waals surface area contributed by atoms with E-state index in [1.54, 1.807) is 0 Å². The predicted molar refractivity (Wildman–Crippen MR) is 235 cm³/mol. The number of esters is 2. The predicted octanol–water partition coefficient (Wildman–Crippen LogP) is 10.5. The third kappa shape index (κ3) is 13.6. The first-order valence-corrected chi connectivity index (χ1v) is 26.0. The Balaban J connectivity index is 1.33. The molecule has 0 unspecified atom stereocenters. The molecule has 0 spiro atoms.